The number of nitrogens with zero attached hydrogens (tertiary/aromatic N) is 2. The molecule has 0 N–H and O–H groups in total. The number of thioether (sulfide) groups is 1. The van der Waals surface area contributed by atoms with E-state index in [2.05, 4.69) is 0 Å². The molecule has 142 valence electrons. The van der Waals surface area contributed by atoms with E-state index in [9.17, 15) is 9.59 Å². The Morgan fingerprint density at radius 1 is 0.931 bits per heavy atom. The highest BCUT2D eigenvalue weighted by molar-refractivity contribution is 8.02. The van der Waals surface area contributed by atoms with Crippen LogP contribution >= 0.6 is 23.4 Å². The predicted molar refractivity (Wildman–Crippen MR) is 115 cm³/mol. The molecule has 0 fully saturated rings. The summed E-state index contributed by atoms with van der Waals surface area (Å²) in [5, 5.41) is 0.0163. The number of amides is 3. The minimum absolute atomic E-state index is 0.238. The summed E-state index contributed by atoms with van der Waals surface area (Å²) in [5.41, 5.74) is 3.21. The monoisotopic (exact) mass is 419 g/mol. The molecule has 2 aliphatic rings. The van der Waals surface area contributed by atoms with Crippen LogP contribution in [0.25, 0.3) is 0 Å². The number of urea groups is 1. The maximum Gasteiger partial charge on any atom is 0.506 e. The Hall–Kier alpha value is -2.89. The summed E-state index contributed by atoms with van der Waals surface area (Å²) in [7, 11) is 0. The van der Waals surface area contributed by atoms with E-state index in [0.717, 1.165) is 21.7 Å². The van der Waals surface area contributed by atoms with Gasteiger partial charge in [0.15, 0.2) is 5.25 Å². The molecular weight excluding hydrogens is 404 g/mol. The number of hydrogen-bond donors (Lipinski definition) is 0. The Kier molecular flexibility index (Phi) is 4.49. The molecule has 3 amide bonds. The molecule has 2 heterocycles. The van der Waals surface area contributed by atoms with Crippen molar-refractivity contribution in [1.29, 1.82) is 0 Å². The molecule has 2 aliphatic heterocycles. The van der Waals surface area contributed by atoms with Crippen LogP contribution in [-0.2, 0) is 11.3 Å². The first kappa shape index (κ1) is 18.2. The maximum absolute atomic E-state index is 13.6. The van der Waals surface area contributed by atoms with E-state index in [0.29, 0.717) is 17.3 Å². The topological polar surface area (TPSA) is 40.4 Å². The number of carbonyl (C=O) groups is 2. The summed E-state index contributed by atoms with van der Waals surface area (Å²) in [6.45, 7) is 0.394. The first-order chi connectivity index (χ1) is 14.1. The first-order valence-electron chi connectivity index (χ1n) is 9.21. The van der Waals surface area contributed by atoms with E-state index < -0.39 is 5.25 Å². The Bertz CT molecular complexity index is 1180. The van der Waals surface area contributed by atoms with Gasteiger partial charge in [0.25, 0.3) is 0 Å². The number of hydrogen-bond acceptors (Lipinski definition) is 3. The fourth-order valence-corrected chi connectivity index (χ4v) is 5.23. The van der Waals surface area contributed by atoms with E-state index in [1.807, 2.05) is 54.6 Å². The van der Waals surface area contributed by atoms with Gasteiger partial charge in [-0.15, -0.1) is 16.7 Å². The normalized spacial score (nSPS) is 18.1. The van der Waals surface area contributed by atoms with Gasteiger partial charge in [0, 0.05) is 21.5 Å². The van der Waals surface area contributed by atoms with Crippen molar-refractivity contribution in [3.05, 3.63) is 95.0 Å². The smallest absolute Gasteiger partial charge is 0.244 e. The van der Waals surface area contributed by atoms with Gasteiger partial charge in [-0.2, -0.15) is 9.37 Å². The fourth-order valence-electron chi connectivity index (χ4n) is 3.77. The number of rotatable bonds is 3. The highest BCUT2D eigenvalue weighted by atomic mass is 35.5. The quantitative estimate of drug-likeness (QED) is 0.562. The standard InChI is InChI=1S/C23H16ClN2O2S/c24-16-9-6-10-17(13-16)26-22(27)21-20(18-11-4-5-12-19(18)29-21)25(23(26)28)14-15-7-2-1-3-8-15/h1-13,21H,14H2/q+1. The highest BCUT2D eigenvalue weighted by Crippen LogP contribution is 2.41. The van der Waals surface area contributed by atoms with Crippen LogP contribution in [0.4, 0.5) is 10.5 Å². The number of imide groups is 1. The van der Waals surface area contributed by atoms with Crippen LogP contribution in [0, 0.1) is 0 Å². The molecule has 29 heavy (non-hydrogen) atoms. The van der Waals surface area contributed by atoms with Crippen molar-refractivity contribution in [3.63, 3.8) is 0 Å². The summed E-state index contributed by atoms with van der Waals surface area (Å²) in [4.78, 5) is 29.2. The zero-order valence-electron chi connectivity index (χ0n) is 15.3. The zero-order valence-corrected chi connectivity index (χ0v) is 16.9. The van der Waals surface area contributed by atoms with Crippen molar-refractivity contribution in [2.45, 2.75) is 16.7 Å². The second-order valence-corrected chi connectivity index (χ2v) is 8.47. The van der Waals surface area contributed by atoms with Gasteiger partial charge in [-0.25, -0.2) is 4.79 Å². The van der Waals surface area contributed by atoms with Crippen molar-refractivity contribution in [2.75, 3.05) is 4.90 Å². The third kappa shape index (κ3) is 3.07. The minimum Gasteiger partial charge on any atom is -0.244 e. The molecule has 1 unspecified atom stereocenters. The first-order valence-corrected chi connectivity index (χ1v) is 10.5. The minimum atomic E-state index is -0.465. The second-order valence-electron chi connectivity index (χ2n) is 6.89. The van der Waals surface area contributed by atoms with Gasteiger partial charge >= 0.3 is 11.9 Å². The van der Waals surface area contributed by atoms with Crippen LogP contribution in [-0.4, -0.2) is 27.5 Å². The molecule has 0 saturated carbocycles. The van der Waals surface area contributed by atoms with Crippen molar-refractivity contribution >= 4 is 46.7 Å². The molecule has 0 bridgehead atoms. The van der Waals surface area contributed by atoms with Crippen molar-refractivity contribution in [1.82, 2.24) is 0 Å². The van der Waals surface area contributed by atoms with Gasteiger partial charge < -0.3 is 0 Å². The molecule has 0 aliphatic carbocycles. The Balaban J connectivity index is 1.69. The molecule has 3 aromatic carbocycles. The molecular formula is C23H16ClN2O2S+. The number of fused-ring (bicyclic) bond motifs is 3. The lowest BCUT2D eigenvalue weighted by Gasteiger charge is -2.24. The molecule has 0 spiro atoms. The number of benzene rings is 3. The molecule has 6 heteroatoms. The second kappa shape index (κ2) is 7.17. The Labute approximate surface area is 177 Å². The maximum atomic E-state index is 13.6. The molecule has 4 nitrogen and oxygen atoms in total. The van der Waals surface area contributed by atoms with Gasteiger partial charge in [-0.05, 0) is 29.8 Å². The summed E-state index contributed by atoms with van der Waals surface area (Å²) in [6, 6.07) is 24.2. The zero-order chi connectivity index (χ0) is 20.0. The summed E-state index contributed by atoms with van der Waals surface area (Å²) >= 11 is 7.63. The van der Waals surface area contributed by atoms with Crippen LogP contribution < -0.4 is 4.90 Å². The van der Waals surface area contributed by atoms with E-state index >= 15 is 0 Å². The average molecular weight is 420 g/mol. The lowest BCUT2D eigenvalue weighted by molar-refractivity contribution is -0.444. The number of carbonyl (C=O) groups excluding carboxylic acids is 2. The molecule has 0 aromatic heterocycles. The van der Waals surface area contributed by atoms with Gasteiger partial charge in [0.1, 0.15) is 17.9 Å². The molecule has 3 aromatic rings. The molecule has 5 rings (SSSR count). The third-order valence-electron chi connectivity index (χ3n) is 5.06. The largest absolute Gasteiger partial charge is 0.506 e. The van der Waals surface area contributed by atoms with Crippen LogP contribution in [0.5, 0.6) is 0 Å². The van der Waals surface area contributed by atoms with Crippen LogP contribution in [0.2, 0.25) is 5.02 Å². The third-order valence-corrected chi connectivity index (χ3v) is 6.57. The van der Waals surface area contributed by atoms with Crippen molar-refractivity contribution < 1.29 is 14.2 Å². The molecule has 1 atom stereocenters. The van der Waals surface area contributed by atoms with Crippen molar-refractivity contribution in [3.8, 4) is 0 Å². The summed E-state index contributed by atoms with van der Waals surface area (Å²) in [6.07, 6.45) is 0. The number of halogens is 1. The summed E-state index contributed by atoms with van der Waals surface area (Å²) < 4.78 is 1.72. The van der Waals surface area contributed by atoms with Gasteiger partial charge in [0.05, 0.1) is 0 Å². The lowest BCUT2D eigenvalue weighted by Crippen LogP contribution is -2.55. The van der Waals surface area contributed by atoms with E-state index in [-0.39, 0.29) is 11.9 Å². The van der Waals surface area contributed by atoms with Crippen LogP contribution in [0.15, 0.2) is 83.8 Å². The van der Waals surface area contributed by atoms with Crippen molar-refractivity contribution in [2.24, 2.45) is 0 Å². The average Bonchev–Trinajstić information content (AvgIpc) is 3.12. The van der Waals surface area contributed by atoms with Gasteiger partial charge in [0.2, 0.25) is 0 Å². The lowest BCUT2D eigenvalue weighted by atomic mass is 10.0. The van der Waals surface area contributed by atoms with Crippen LogP contribution in [0.1, 0.15) is 11.1 Å². The van der Waals surface area contributed by atoms with E-state index in [1.165, 1.54) is 16.7 Å². The summed E-state index contributed by atoms with van der Waals surface area (Å²) in [5.74, 6) is -0.238. The van der Waals surface area contributed by atoms with Gasteiger partial charge in [-0.3, -0.25) is 0 Å². The van der Waals surface area contributed by atoms with E-state index in [4.69, 9.17) is 11.6 Å². The fraction of sp³-hybridized carbons (Fsp3) is 0.0870. The Morgan fingerprint density at radius 3 is 2.48 bits per heavy atom. The SMILES string of the molecule is O=C1C2Sc3ccccc3C2=[N+](Cc2ccccc2)C(=O)N1c1cccc(Cl)c1. The predicted octanol–water partition coefficient (Wildman–Crippen LogP) is 4.98. The molecule has 0 radical (unpaired) electrons. The van der Waals surface area contributed by atoms with E-state index in [1.54, 1.807) is 28.8 Å². The number of anilines is 1. The molecule has 0 saturated heterocycles. The van der Waals surface area contributed by atoms with Gasteiger partial charge in [-0.1, -0.05) is 60.1 Å². The Morgan fingerprint density at radius 2 is 1.69 bits per heavy atom. The van der Waals surface area contributed by atoms with Crippen LogP contribution in [0.3, 0.4) is 0 Å². The highest BCUT2D eigenvalue weighted by Gasteiger charge is 2.53.